The molecule has 3 atom stereocenters. The summed E-state index contributed by atoms with van der Waals surface area (Å²) >= 11 is 0. The summed E-state index contributed by atoms with van der Waals surface area (Å²) in [5.41, 5.74) is 2.38. The van der Waals surface area contributed by atoms with E-state index < -0.39 is 20.0 Å². The summed E-state index contributed by atoms with van der Waals surface area (Å²) in [5.74, 6) is 1.93. The van der Waals surface area contributed by atoms with Gasteiger partial charge in [-0.05, 0) is 60.7 Å². The largest absolute Gasteiger partial charge is 0.493 e. The van der Waals surface area contributed by atoms with Crippen LogP contribution in [0.2, 0.25) is 18.1 Å². The van der Waals surface area contributed by atoms with Gasteiger partial charge in [-0.1, -0.05) is 20.8 Å². The maximum Gasteiger partial charge on any atom is 0.203 e. The van der Waals surface area contributed by atoms with Gasteiger partial charge in [0, 0.05) is 12.0 Å². The molecule has 7 heteroatoms. The lowest BCUT2D eigenvalue weighted by Gasteiger charge is -2.43. The van der Waals surface area contributed by atoms with E-state index in [1.165, 1.54) is 0 Å². The monoisotopic (exact) mass is 460 g/mol. The van der Waals surface area contributed by atoms with Gasteiger partial charge in [0.05, 0.1) is 27.4 Å². The van der Waals surface area contributed by atoms with E-state index in [1.54, 1.807) is 21.3 Å². The van der Waals surface area contributed by atoms with Crippen molar-refractivity contribution in [3.8, 4) is 17.2 Å². The number of carbonyl (C=O) groups excluding carboxylic acids is 1. The number of ketones is 1. The first-order chi connectivity index (χ1) is 15.0. The third-order valence-corrected chi connectivity index (χ3v) is 12.2. The molecular weight excluding hydrogens is 424 g/mol. The van der Waals surface area contributed by atoms with Crippen molar-refractivity contribution in [1.82, 2.24) is 0 Å². The molecule has 3 aliphatic rings. The average Bonchev–Trinajstić information content (AvgIpc) is 3.01. The molecule has 32 heavy (non-hydrogen) atoms. The molecule has 4 rings (SSSR count). The smallest absolute Gasteiger partial charge is 0.203 e. The van der Waals surface area contributed by atoms with Crippen LogP contribution in [0.25, 0.3) is 0 Å². The molecule has 1 aromatic carbocycles. The van der Waals surface area contributed by atoms with Crippen LogP contribution in [0.15, 0.2) is 17.7 Å². The third-order valence-electron chi connectivity index (χ3n) is 7.75. The normalized spacial score (nSPS) is 27.2. The summed E-state index contributed by atoms with van der Waals surface area (Å²) < 4.78 is 30.8. The number of hydrogen-bond acceptors (Lipinski definition) is 6. The van der Waals surface area contributed by atoms with E-state index in [0.29, 0.717) is 30.1 Å². The second-order valence-electron chi connectivity index (χ2n) is 10.5. The maximum atomic E-state index is 12.6. The number of rotatable bonds is 5. The molecular formula is C25H36O6Si. The molecule has 2 heterocycles. The van der Waals surface area contributed by atoms with Crippen LogP contribution in [0.3, 0.4) is 0 Å². The number of carbonyl (C=O) groups is 1. The Bertz CT molecular complexity index is 960. The predicted octanol–water partition coefficient (Wildman–Crippen LogP) is 4.93. The lowest BCUT2D eigenvalue weighted by atomic mass is 9.79. The SMILES string of the molecule is COc1cc2c(c(OC)c1OC)[C@@]13CCC(=O)[C@@H](C=C1[C@H](O[Si](C)(C)C(C)(C)C)CC2)O3. The number of methoxy groups -OCH3 is 3. The minimum atomic E-state index is -2.06. The van der Waals surface area contributed by atoms with Gasteiger partial charge in [0.15, 0.2) is 25.6 Å². The number of Topliss-reactive ketones (excluding diaryl/α,β-unsaturated/α-hetero) is 1. The topological polar surface area (TPSA) is 63.2 Å². The zero-order valence-electron chi connectivity index (χ0n) is 20.6. The molecule has 176 valence electrons. The Balaban J connectivity index is 1.91. The first-order valence-corrected chi connectivity index (χ1v) is 14.3. The van der Waals surface area contributed by atoms with E-state index >= 15 is 0 Å². The zero-order valence-corrected chi connectivity index (χ0v) is 21.6. The highest BCUT2D eigenvalue weighted by molar-refractivity contribution is 6.74. The third kappa shape index (κ3) is 3.40. The molecule has 2 bridgehead atoms. The molecule has 0 unspecified atom stereocenters. The molecule has 1 aromatic rings. The number of ether oxygens (including phenoxy) is 4. The summed E-state index contributed by atoms with van der Waals surface area (Å²) in [6, 6.07) is 2.03. The predicted molar refractivity (Wildman–Crippen MR) is 125 cm³/mol. The fourth-order valence-electron chi connectivity index (χ4n) is 5.06. The van der Waals surface area contributed by atoms with Crippen molar-refractivity contribution in [2.75, 3.05) is 21.3 Å². The molecule has 2 aliphatic heterocycles. The Morgan fingerprint density at radius 1 is 1.06 bits per heavy atom. The van der Waals surface area contributed by atoms with Crippen LogP contribution in [0.1, 0.15) is 51.2 Å². The van der Waals surface area contributed by atoms with E-state index in [4.69, 9.17) is 23.4 Å². The lowest BCUT2D eigenvalue weighted by Crippen LogP contribution is -2.46. The summed E-state index contributed by atoms with van der Waals surface area (Å²) in [6.07, 6.45) is 4.04. The van der Waals surface area contributed by atoms with Gasteiger partial charge < -0.3 is 23.4 Å². The summed E-state index contributed by atoms with van der Waals surface area (Å²) in [7, 11) is 2.83. The lowest BCUT2D eigenvalue weighted by molar-refractivity contribution is -0.145. The average molecular weight is 461 g/mol. The molecule has 1 saturated heterocycles. The summed E-state index contributed by atoms with van der Waals surface area (Å²) in [5, 5.41) is 0.0777. The Kier molecular flexibility index (Phi) is 5.75. The van der Waals surface area contributed by atoms with Crippen LogP contribution >= 0.6 is 0 Å². The number of aryl methyl sites for hydroxylation is 1. The molecule has 0 amide bonds. The Morgan fingerprint density at radius 2 is 1.75 bits per heavy atom. The van der Waals surface area contributed by atoms with Gasteiger partial charge in [0.25, 0.3) is 0 Å². The van der Waals surface area contributed by atoms with Gasteiger partial charge in [0.1, 0.15) is 11.7 Å². The highest BCUT2D eigenvalue weighted by Crippen LogP contribution is 2.58. The van der Waals surface area contributed by atoms with Crippen molar-refractivity contribution in [2.45, 2.75) is 82.4 Å². The van der Waals surface area contributed by atoms with Crippen molar-refractivity contribution in [3.63, 3.8) is 0 Å². The Hall–Kier alpha value is -1.83. The van der Waals surface area contributed by atoms with Gasteiger partial charge in [-0.2, -0.15) is 0 Å². The highest BCUT2D eigenvalue weighted by Gasteiger charge is 2.56. The van der Waals surface area contributed by atoms with Crippen LogP contribution in [-0.2, 0) is 26.0 Å². The fourth-order valence-corrected chi connectivity index (χ4v) is 6.37. The van der Waals surface area contributed by atoms with Gasteiger partial charge in [0.2, 0.25) is 5.75 Å². The second kappa shape index (κ2) is 7.89. The highest BCUT2D eigenvalue weighted by atomic mass is 28.4. The fraction of sp³-hybridized carbons (Fsp3) is 0.640. The van der Waals surface area contributed by atoms with E-state index in [0.717, 1.165) is 29.5 Å². The van der Waals surface area contributed by atoms with Crippen LogP contribution in [0, 0.1) is 0 Å². The van der Waals surface area contributed by atoms with Gasteiger partial charge in [-0.25, -0.2) is 0 Å². The maximum absolute atomic E-state index is 12.6. The number of hydrogen-bond donors (Lipinski definition) is 0. The molecule has 1 aliphatic carbocycles. The molecule has 0 saturated carbocycles. The van der Waals surface area contributed by atoms with Gasteiger partial charge in [-0.15, -0.1) is 0 Å². The van der Waals surface area contributed by atoms with E-state index in [-0.39, 0.29) is 16.9 Å². The van der Waals surface area contributed by atoms with E-state index in [2.05, 4.69) is 33.9 Å². The van der Waals surface area contributed by atoms with Crippen molar-refractivity contribution in [3.05, 3.63) is 28.8 Å². The quantitative estimate of drug-likeness (QED) is 0.458. The molecule has 0 N–H and O–H groups in total. The zero-order chi connectivity index (χ0) is 23.5. The molecule has 1 fully saturated rings. The van der Waals surface area contributed by atoms with Crippen LogP contribution in [-0.4, -0.2) is 47.6 Å². The van der Waals surface area contributed by atoms with Crippen molar-refractivity contribution in [2.24, 2.45) is 0 Å². The van der Waals surface area contributed by atoms with Gasteiger partial charge >= 0.3 is 0 Å². The Morgan fingerprint density at radius 3 is 2.34 bits per heavy atom. The second-order valence-corrected chi connectivity index (χ2v) is 15.3. The number of benzene rings is 1. The van der Waals surface area contributed by atoms with E-state index in [9.17, 15) is 4.79 Å². The molecule has 0 radical (unpaired) electrons. The molecule has 0 aromatic heterocycles. The van der Waals surface area contributed by atoms with E-state index in [1.807, 2.05) is 12.1 Å². The standard InChI is InChI=1S/C25H36O6Si/c1-24(2,3)32(7,8)31-18-10-9-15-13-20(27-4)22(28-5)23(29-6)21(15)25-12-11-17(26)19(30-25)14-16(18)25/h13-14,18-19H,9-12H2,1-8H3/t18-,19-,25-/m1/s1. The van der Waals surface area contributed by atoms with Gasteiger partial charge in [-0.3, -0.25) is 4.79 Å². The van der Waals surface area contributed by atoms with Crippen LogP contribution in [0.4, 0.5) is 0 Å². The molecule has 6 nitrogen and oxygen atoms in total. The van der Waals surface area contributed by atoms with Crippen LogP contribution < -0.4 is 14.2 Å². The van der Waals surface area contributed by atoms with Crippen molar-refractivity contribution < 1.29 is 28.2 Å². The van der Waals surface area contributed by atoms with Crippen molar-refractivity contribution >= 4 is 14.1 Å². The summed E-state index contributed by atoms with van der Waals surface area (Å²) in [4.78, 5) is 12.6. The van der Waals surface area contributed by atoms with Crippen molar-refractivity contribution in [1.29, 1.82) is 0 Å². The molecule has 1 spiro atoms. The first-order valence-electron chi connectivity index (χ1n) is 11.4. The number of fused-ring (bicyclic) bond motifs is 2. The minimum absolute atomic E-state index is 0.0777. The van der Waals surface area contributed by atoms with Crippen LogP contribution in [0.5, 0.6) is 17.2 Å². The first kappa shape index (κ1) is 23.3. The minimum Gasteiger partial charge on any atom is -0.493 e. The summed E-state index contributed by atoms with van der Waals surface area (Å²) in [6.45, 7) is 11.3. The Labute approximate surface area is 192 Å².